The average Bonchev–Trinajstić information content (AvgIpc) is 3.73. The average molecular weight is 773 g/mol. The number of fused-ring (bicyclic) bond motifs is 2. The van der Waals surface area contributed by atoms with Gasteiger partial charge in [0.15, 0.2) is 5.82 Å². The van der Waals surface area contributed by atoms with Crippen LogP contribution in [0.5, 0.6) is 11.8 Å². The van der Waals surface area contributed by atoms with Gasteiger partial charge >= 0.3 is 12.2 Å². The van der Waals surface area contributed by atoms with Gasteiger partial charge < -0.3 is 25.8 Å². The number of nitriles is 1. The number of nitrogens with two attached hydrogens (primary N) is 2. The van der Waals surface area contributed by atoms with E-state index in [1.165, 1.54) is 4.90 Å². The Morgan fingerprint density at radius 1 is 1.17 bits per heavy atom. The van der Waals surface area contributed by atoms with Gasteiger partial charge in [-0.25, -0.2) is 22.5 Å². The van der Waals surface area contributed by atoms with Crippen molar-refractivity contribution in [1.82, 2.24) is 19.9 Å². The second-order valence-corrected chi connectivity index (χ2v) is 14.7. The molecule has 0 unspecified atom stereocenters. The number of benzene rings is 2. The molecule has 0 aliphatic carbocycles. The highest BCUT2D eigenvalue weighted by molar-refractivity contribution is 7.23. The van der Waals surface area contributed by atoms with Gasteiger partial charge in [0.25, 0.3) is 0 Å². The summed E-state index contributed by atoms with van der Waals surface area (Å²) in [5.74, 6) is -4.13. The van der Waals surface area contributed by atoms with Crippen molar-refractivity contribution in [1.29, 1.82) is 5.26 Å². The summed E-state index contributed by atoms with van der Waals surface area (Å²) in [6, 6.07) is 3.53. The van der Waals surface area contributed by atoms with Crippen LogP contribution >= 0.6 is 11.3 Å². The van der Waals surface area contributed by atoms with E-state index in [0.717, 1.165) is 30.8 Å². The van der Waals surface area contributed by atoms with Crippen molar-refractivity contribution < 1.29 is 40.2 Å². The quantitative estimate of drug-likeness (QED) is 0.158. The number of rotatable bonds is 7. The third-order valence-electron chi connectivity index (χ3n) is 10.6. The Morgan fingerprint density at radius 3 is 2.70 bits per heavy atom. The summed E-state index contributed by atoms with van der Waals surface area (Å²) < 4.78 is 120. The Bertz CT molecular complexity index is 2380. The van der Waals surface area contributed by atoms with Crippen LogP contribution in [0.3, 0.4) is 0 Å². The number of aromatic nitrogens is 3. The second kappa shape index (κ2) is 13.0. The molecule has 3 aliphatic rings. The molecule has 4 N–H and O–H groups in total. The van der Waals surface area contributed by atoms with Gasteiger partial charge in [-0.3, -0.25) is 4.90 Å². The Kier molecular flexibility index (Phi) is 8.64. The van der Waals surface area contributed by atoms with E-state index in [-0.39, 0.29) is 70.4 Å². The topological polar surface area (TPSA) is 139 Å². The number of hydrogen-bond acceptors (Lipinski definition) is 11. The SMILES string of the molecule is CC[C@H](c1cc(F)cnc1N)N1CCOc2c(C(F)(F)F)c(-c3ccc(F)c4sc(N)c(C#N)c34)c(F)c3nc(OC[C@@]45CCCN4C[C@H](F)C5)nc1c23. The first-order chi connectivity index (χ1) is 25.8. The molecular weight excluding hydrogens is 742 g/mol. The normalized spacial score (nSPS) is 20.6. The third kappa shape index (κ3) is 5.58. The van der Waals surface area contributed by atoms with Crippen molar-refractivity contribution in [3.05, 3.63) is 58.5 Å². The summed E-state index contributed by atoms with van der Waals surface area (Å²) in [6.07, 6.45) is -3.65. The lowest BCUT2D eigenvalue weighted by Gasteiger charge is -2.33. The molecule has 54 heavy (non-hydrogen) atoms. The lowest BCUT2D eigenvalue weighted by Crippen LogP contribution is -2.43. The molecule has 3 aromatic heterocycles. The van der Waals surface area contributed by atoms with Gasteiger partial charge in [0.2, 0.25) is 0 Å². The second-order valence-electron chi connectivity index (χ2n) is 13.7. The number of alkyl halides is 4. The van der Waals surface area contributed by atoms with Gasteiger partial charge in [-0.05, 0) is 43.5 Å². The number of thiophene rings is 1. The summed E-state index contributed by atoms with van der Waals surface area (Å²) in [5, 5.41) is 9.00. The Balaban J connectivity index is 1.43. The summed E-state index contributed by atoms with van der Waals surface area (Å²) >= 11 is 0.643. The molecule has 0 bridgehead atoms. The number of ether oxygens (including phenoxy) is 2. The van der Waals surface area contributed by atoms with Crippen LogP contribution < -0.4 is 25.8 Å². The highest BCUT2D eigenvalue weighted by atomic mass is 32.1. The fourth-order valence-electron chi connectivity index (χ4n) is 8.36. The van der Waals surface area contributed by atoms with E-state index in [1.807, 2.05) is 11.0 Å². The smallest absolute Gasteiger partial charge is 0.420 e. The number of nitrogens with zero attached hydrogens (tertiary/aromatic N) is 6. The van der Waals surface area contributed by atoms with Gasteiger partial charge in [0, 0.05) is 29.5 Å². The van der Waals surface area contributed by atoms with E-state index >= 15 is 22.0 Å². The predicted octanol–water partition coefficient (Wildman–Crippen LogP) is 7.68. The van der Waals surface area contributed by atoms with Crippen LogP contribution in [0.1, 0.15) is 55.3 Å². The minimum atomic E-state index is -5.28. The summed E-state index contributed by atoms with van der Waals surface area (Å²) in [5.41, 5.74) is 7.69. The van der Waals surface area contributed by atoms with E-state index in [1.54, 1.807) is 6.92 Å². The molecule has 10 nitrogen and oxygen atoms in total. The maximum atomic E-state index is 17.4. The van der Waals surface area contributed by atoms with Crippen molar-refractivity contribution in [2.24, 2.45) is 0 Å². The van der Waals surface area contributed by atoms with E-state index in [4.69, 9.17) is 20.9 Å². The maximum absolute atomic E-state index is 17.4. The first-order valence-corrected chi connectivity index (χ1v) is 18.0. The van der Waals surface area contributed by atoms with Crippen LogP contribution in [0.4, 0.5) is 47.4 Å². The van der Waals surface area contributed by atoms with Gasteiger partial charge in [0.05, 0.1) is 40.0 Å². The Morgan fingerprint density at radius 2 is 1.96 bits per heavy atom. The summed E-state index contributed by atoms with van der Waals surface area (Å²) in [4.78, 5) is 16.3. The lowest BCUT2D eigenvalue weighted by molar-refractivity contribution is -0.138. The van der Waals surface area contributed by atoms with Crippen molar-refractivity contribution >= 4 is 49.0 Å². The summed E-state index contributed by atoms with van der Waals surface area (Å²) in [6.45, 7) is 1.98. The summed E-state index contributed by atoms with van der Waals surface area (Å²) in [7, 11) is 0. The highest BCUT2D eigenvalue weighted by Gasteiger charge is 2.50. The predicted molar refractivity (Wildman–Crippen MR) is 187 cm³/mol. The van der Waals surface area contributed by atoms with Crippen LogP contribution in [0.25, 0.3) is 32.1 Å². The van der Waals surface area contributed by atoms with Crippen molar-refractivity contribution in [3.8, 4) is 29.0 Å². The van der Waals surface area contributed by atoms with E-state index in [9.17, 15) is 14.0 Å². The first kappa shape index (κ1) is 35.9. The van der Waals surface area contributed by atoms with E-state index in [2.05, 4.69) is 15.0 Å². The monoisotopic (exact) mass is 772 g/mol. The molecule has 2 fully saturated rings. The number of anilines is 3. The molecule has 6 heterocycles. The highest BCUT2D eigenvalue weighted by Crippen LogP contribution is 2.54. The van der Waals surface area contributed by atoms with Crippen LogP contribution in [0.15, 0.2) is 24.4 Å². The number of pyridine rings is 1. The standard InChI is InChI=1S/C36H31F7N8O2S/c1-2-22(19-10-16(37)13-47-31(19)45)51-8-9-52-29-25-28(48-34(49-33(25)51)53-15-35-6-3-7-50(35)14-17(38)11-35)27(40)24(26(29)36(41,42)43)18-4-5-21(39)30-23(18)20(12-44)32(46)54-30/h4-5,10,13,17,22H,2-3,6-9,11,14-15,46H2,1H3,(H2,45,47)/t17-,22-,35+/m1/s1. The molecule has 0 amide bonds. The zero-order valence-corrected chi connectivity index (χ0v) is 29.4. The molecule has 0 saturated carbocycles. The van der Waals surface area contributed by atoms with Gasteiger partial charge in [0.1, 0.15) is 70.6 Å². The molecule has 5 aromatic rings. The molecule has 282 valence electrons. The minimum absolute atomic E-state index is 0.0426. The van der Waals surface area contributed by atoms with Gasteiger partial charge in [-0.1, -0.05) is 13.0 Å². The van der Waals surface area contributed by atoms with Crippen molar-refractivity contribution in [2.45, 2.75) is 56.5 Å². The molecular formula is C36H31F7N8O2S. The number of nitrogen functional groups attached to an aromatic ring is 2. The van der Waals surface area contributed by atoms with Crippen molar-refractivity contribution in [3.63, 3.8) is 0 Å². The van der Waals surface area contributed by atoms with Gasteiger partial charge in [-0.15, -0.1) is 11.3 Å². The molecule has 3 atom stereocenters. The molecule has 0 spiro atoms. The van der Waals surface area contributed by atoms with E-state index < -0.39 is 87.3 Å². The molecule has 2 saturated heterocycles. The molecule has 8 rings (SSSR count). The van der Waals surface area contributed by atoms with Crippen molar-refractivity contribution in [2.75, 3.05) is 49.2 Å². The Hall–Kier alpha value is -5.15. The van der Waals surface area contributed by atoms with E-state index in [0.29, 0.717) is 24.3 Å². The molecule has 2 aromatic carbocycles. The van der Waals surface area contributed by atoms with Crippen LogP contribution in [-0.2, 0) is 6.18 Å². The zero-order chi connectivity index (χ0) is 38.3. The fourth-order valence-corrected chi connectivity index (χ4v) is 9.31. The first-order valence-electron chi connectivity index (χ1n) is 17.1. The minimum Gasteiger partial charge on any atom is -0.490 e. The fraction of sp³-hybridized carbons (Fsp3) is 0.389. The Labute approximate surface area is 307 Å². The largest absolute Gasteiger partial charge is 0.490 e. The number of halogens is 7. The third-order valence-corrected chi connectivity index (χ3v) is 11.6. The number of hydrogen-bond donors (Lipinski definition) is 2. The van der Waals surface area contributed by atoms with Crippen LogP contribution in [0.2, 0.25) is 0 Å². The van der Waals surface area contributed by atoms with Gasteiger partial charge in [-0.2, -0.15) is 28.4 Å². The molecule has 3 aliphatic heterocycles. The lowest BCUT2D eigenvalue weighted by atomic mass is 9.91. The maximum Gasteiger partial charge on any atom is 0.420 e. The van der Waals surface area contributed by atoms with Crippen LogP contribution in [-0.4, -0.2) is 64.4 Å². The molecule has 18 heteroatoms. The van der Waals surface area contributed by atoms with Crippen LogP contribution in [0, 0.1) is 28.8 Å². The zero-order valence-electron chi connectivity index (χ0n) is 28.5. The molecule has 0 radical (unpaired) electrons.